The molecule has 2 aromatic carbocycles. The Morgan fingerprint density at radius 1 is 1.10 bits per heavy atom. The number of hydrogen-bond donors (Lipinski definition) is 3. The van der Waals surface area contributed by atoms with Gasteiger partial charge in [0, 0.05) is 34.9 Å². The zero-order valence-corrected chi connectivity index (χ0v) is 17.1. The minimum atomic E-state index is -0.262. The van der Waals surface area contributed by atoms with Crippen LogP contribution in [0.1, 0.15) is 18.9 Å². The van der Waals surface area contributed by atoms with E-state index in [0.717, 1.165) is 29.1 Å². The molecule has 154 valence electrons. The summed E-state index contributed by atoms with van der Waals surface area (Å²) in [7, 11) is 0. The third-order valence-electron chi connectivity index (χ3n) is 4.11. The standard InChI is InChI=1S/C23H25N5O2/c1-4-12-30-20-11-7-10-19(14-20)27-23-24-15-16(3)22(28-23)26-18-9-6-8-17(13-18)25-21(29)5-2/h5-11,13-15H,2,4,12H2,1,3H3,(H,25,29)(H2,24,26,27,28). The second-order valence-corrected chi connectivity index (χ2v) is 6.63. The van der Waals surface area contributed by atoms with Crippen molar-refractivity contribution in [1.29, 1.82) is 0 Å². The summed E-state index contributed by atoms with van der Waals surface area (Å²) < 4.78 is 5.67. The number of anilines is 5. The van der Waals surface area contributed by atoms with Gasteiger partial charge in [0.05, 0.1) is 6.61 Å². The minimum Gasteiger partial charge on any atom is -0.494 e. The molecule has 7 nitrogen and oxygen atoms in total. The summed E-state index contributed by atoms with van der Waals surface area (Å²) in [4.78, 5) is 20.5. The van der Waals surface area contributed by atoms with Gasteiger partial charge in [0.1, 0.15) is 11.6 Å². The molecule has 0 fully saturated rings. The van der Waals surface area contributed by atoms with E-state index in [2.05, 4.69) is 39.4 Å². The molecule has 0 saturated carbocycles. The van der Waals surface area contributed by atoms with Gasteiger partial charge in [0.2, 0.25) is 11.9 Å². The van der Waals surface area contributed by atoms with Crippen LogP contribution in [0.4, 0.5) is 28.8 Å². The summed E-state index contributed by atoms with van der Waals surface area (Å²) in [5, 5.41) is 9.23. The predicted molar refractivity (Wildman–Crippen MR) is 121 cm³/mol. The molecular formula is C23H25N5O2. The van der Waals surface area contributed by atoms with Crippen LogP contribution in [0.5, 0.6) is 5.75 Å². The molecule has 3 N–H and O–H groups in total. The van der Waals surface area contributed by atoms with Gasteiger partial charge in [-0.25, -0.2) is 4.98 Å². The number of rotatable bonds is 9. The lowest BCUT2D eigenvalue weighted by Gasteiger charge is -2.12. The number of ether oxygens (including phenoxy) is 1. The third kappa shape index (κ3) is 5.81. The molecule has 1 aromatic heterocycles. The van der Waals surface area contributed by atoms with E-state index in [1.165, 1.54) is 6.08 Å². The van der Waals surface area contributed by atoms with Gasteiger partial charge in [0.15, 0.2) is 0 Å². The van der Waals surface area contributed by atoms with Crippen molar-refractivity contribution >= 4 is 34.7 Å². The fraction of sp³-hybridized carbons (Fsp3) is 0.174. The number of hydrogen-bond acceptors (Lipinski definition) is 6. The van der Waals surface area contributed by atoms with Gasteiger partial charge < -0.3 is 20.7 Å². The second-order valence-electron chi connectivity index (χ2n) is 6.63. The summed E-state index contributed by atoms with van der Waals surface area (Å²) in [5.41, 5.74) is 3.19. The van der Waals surface area contributed by atoms with Crippen LogP contribution in [0.2, 0.25) is 0 Å². The van der Waals surface area contributed by atoms with Crippen molar-refractivity contribution in [3.63, 3.8) is 0 Å². The van der Waals surface area contributed by atoms with Crippen LogP contribution in [0.15, 0.2) is 67.4 Å². The van der Waals surface area contributed by atoms with Crippen LogP contribution in [0, 0.1) is 6.92 Å². The van der Waals surface area contributed by atoms with Crippen molar-refractivity contribution in [3.8, 4) is 5.75 Å². The van der Waals surface area contributed by atoms with E-state index in [9.17, 15) is 4.79 Å². The van der Waals surface area contributed by atoms with Crippen LogP contribution >= 0.6 is 0 Å². The van der Waals surface area contributed by atoms with Gasteiger partial charge in [-0.1, -0.05) is 25.6 Å². The highest BCUT2D eigenvalue weighted by atomic mass is 16.5. The molecule has 0 aliphatic heterocycles. The molecule has 0 aliphatic carbocycles. The average Bonchev–Trinajstić information content (AvgIpc) is 2.75. The SMILES string of the molecule is C=CC(=O)Nc1cccc(Nc2nc(Nc3cccc(OCCC)c3)ncc2C)c1. The summed E-state index contributed by atoms with van der Waals surface area (Å²) in [6.07, 6.45) is 3.93. The molecule has 0 bridgehead atoms. The molecule has 3 aromatic rings. The zero-order valence-electron chi connectivity index (χ0n) is 17.1. The third-order valence-corrected chi connectivity index (χ3v) is 4.11. The summed E-state index contributed by atoms with van der Waals surface area (Å²) in [6.45, 7) is 8.13. The smallest absolute Gasteiger partial charge is 0.247 e. The molecule has 7 heteroatoms. The van der Waals surface area contributed by atoms with Crippen LogP contribution in [-0.4, -0.2) is 22.5 Å². The first-order valence-electron chi connectivity index (χ1n) is 9.71. The fourth-order valence-electron chi connectivity index (χ4n) is 2.65. The molecule has 30 heavy (non-hydrogen) atoms. The number of benzene rings is 2. The molecule has 3 rings (SSSR count). The first kappa shape index (κ1) is 20.9. The Balaban J connectivity index is 1.75. The maximum absolute atomic E-state index is 11.5. The molecule has 0 radical (unpaired) electrons. The number of nitrogens with one attached hydrogen (secondary N) is 3. The van der Waals surface area contributed by atoms with Gasteiger partial charge in [-0.3, -0.25) is 4.79 Å². The van der Waals surface area contributed by atoms with Crippen LogP contribution < -0.4 is 20.7 Å². The molecule has 0 spiro atoms. The minimum absolute atomic E-state index is 0.262. The highest BCUT2D eigenvalue weighted by Crippen LogP contribution is 2.24. The van der Waals surface area contributed by atoms with Crippen molar-refractivity contribution < 1.29 is 9.53 Å². The van der Waals surface area contributed by atoms with Crippen LogP contribution in [0.25, 0.3) is 0 Å². The Morgan fingerprint density at radius 3 is 2.60 bits per heavy atom. The van der Waals surface area contributed by atoms with Crippen LogP contribution in [0.3, 0.4) is 0 Å². The highest BCUT2D eigenvalue weighted by molar-refractivity contribution is 5.99. The fourth-order valence-corrected chi connectivity index (χ4v) is 2.65. The van der Waals surface area contributed by atoms with E-state index >= 15 is 0 Å². The maximum Gasteiger partial charge on any atom is 0.247 e. The number of aryl methyl sites for hydroxylation is 1. The lowest BCUT2D eigenvalue weighted by molar-refractivity contribution is -0.111. The largest absolute Gasteiger partial charge is 0.494 e. The Kier molecular flexibility index (Phi) is 7.00. The quantitative estimate of drug-likeness (QED) is 0.426. The summed E-state index contributed by atoms with van der Waals surface area (Å²) in [5.74, 6) is 1.66. The Labute approximate surface area is 176 Å². The van der Waals surface area contributed by atoms with E-state index in [1.54, 1.807) is 12.3 Å². The predicted octanol–water partition coefficient (Wildman–Crippen LogP) is 5.19. The average molecular weight is 403 g/mol. The van der Waals surface area contributed by atoms with Gasteiger partial charge in [-0.2, -0.15) is 4.98 Å². The lowest BCUT2D eigenvalue weighted by atomic mass is 10.2. The Bertz CT molecular complexity index is 1040. The van der Waals surface area contributed by atoms with E-state index in [-0.39, 0.29) is 5.91 Å². The summed E-state index contributed by atoms with van der Waals surface area (Å²) in [6, 6.07) is 15.1. The molecule has 0 unspecified atom stereocenters. The molecule has 0 saturated heterocycles. The molecule has 0 aliphatic rings. The van der Waals surface area contributed by atoms with Crippen molar-refractivity contribution in [2.24, 2.45) is 0 Å². The first-order chi connectivity index (χ1) is 14.6. The lowest BCUT2D eigenvalue weighted by Crippen LogP contribution is -2.07. The van der Waals surface area contributed by atoms with E-state index in [4.69, 9.17) is 4.74 Å². The Morgan fingerprint density at radius 2 is 1.83 bits per heavy atom. The van der Waals surface area contributed by atoms with Crippen LogP contribution in [-0.2, 0) is 4.79 Å². The maximum atomic E-state index is 11.5. The molecular weight excluding hydrogens is 378 g/mol. The van der Waals surface area contributed by atoms with Gasteiger partial charge in [-0.05, 0) is 49.8 Å². The number of carbonyl (C=O) groups is 1. The number of carbonyl (C=O) groups excluding carboxylic acids is 1. The highest BCUT2D eigenvalue weighted by Gasteiger charge is 2.07. The topological polar surface area (TPSA) is 88.2 Å². The van der Waals surface area contributed by atoms with Crippen molar-refractivity contribution in [2.75, 3.05) is 22.6 Å². The summed E-state index contributed by atoms with van der Waals surface area (Å²) >= 11 is 0. The number of aromatic nitrogens is 2. The molecule has 0 atom stereocenters. The van der Waals surface area contributed by atoms with E-state index in [0.29, 0.717) is 24.1 Å². The van der Waals surface area contributed by atoms with E-state index < -0.39 is 0 Å². The molecule has 1 amide bonds. The zero-order chi connectivity index (χ0) is 21.3. The van der Waals surface area contributed by atoms with Crippen molar-refractivity contribution in [3.05, 3.63) is 72.9 Å². The van der Waals surface area contributed by atoms with Crippen molar-refractivity contribution in [1.82, 2.24) is 9.97 Å². The monoisotopic (exact) mass is 403 g/mol. The van der Waals surface area contributed by atoms with E-state index in [1.807, 2.05) is 49.4 Å². The van der Waals surface area contributed by atoms with Crippen molar-refractivity contribution in [2.45, 2.75) is 20.3 Å². The van der Waals surface area contributed by atoms with Gasteiger partial charge in [-0.15, -0.1) is 0 Å². The van der Waals surface area contributed by atoms with Gasteiger partial charge in [0.25, 0.3) is 0 Å². The Hall–Kier alpha value is -3.87. The number of amides is 1. The first-order valence-corrected chi connectivity index (χ1v) is 9.71. The molecule has 1 heterocycles. The number of nitrogens with zero attached hydrogens (tertiary/aromatic N) is 2. The van der Waals surface area contributed by atoms with Gasteiger partial charge >= 0.3 is 0 Å². The normalized spacial score (nSPS) is 10.2. The second kappa shape index (κ2) is 10.1.